The Bertz CT molecular complexity index is 248. The lowest BCUT2D eigenvalue weighted by molar-refractivity contribution is 0.674. The third kappa shape index (κ3) is 4.11. The number of nitrogens with one attached hydrogen (secondary N) is 1. The molecule has 0 saturated carbocycles. The Morgan fingerprint density at radius 2 is 2.46 bits per heavy atom. The second kappa shape index (κ2) is 5.62. The number of rotatable bonds is 5. The van der Waals surface area contributed by atoms with Crippen LogP contribution in [0.15, 0.2) is 5.38 Å². The summed E-state index contributed by atoms with van der Waals surface area (Å²) < 4.78 is 0. The zero-order valence-corrected chi connectivity index (χ0v) is 9.97. The van der Waals surface area contributed by atoms with Crippen molar-refractivity contribution in [3.63, 3.8) is 0 Å². The first-order valence-corrected chi connectivity index (χ1v) is 6.53. The van der Waals surface area contributed by atoms with Crippen LogP contribution in [0.2, 0.25) is 0 Å². The van der Waals surface area contributed by atoms with Crippen molar-refractivity contribution in [3.05, 3.63) is 16.1 Å². The molecule has 1 N–H and O–H groups in total. The van der Waals surface area contributed by atoms with Crippen LogP contribution < -0.4 is 5.32 Å². The highest BCUT2D eigenvalue weighted by Crippen LogP contribution is 2.08. The van der Waals surface area contributed by atoms with Gasteiger partial charge in [-0.3, -0.25) is 0 Å². The topological polar surface area (TPSA) is 24.9 Å². The Balaban J connectivity index is 2.20. The number of nitrogens with zero attached hydrogens (tertiary/aromatic N) is 1. The van der Waals surface area contributed by atoms with Crippen LogP contribution in [-0.2, 0) is 6.54 Å². The molecule has 0 saturated heterocycles. The van der Waals surface area contributed by atoms with Crippen LogP contribution in [0.1, 0.15) is 17.6 Å². The van der Waals surface area contributed by atoms with E-state index in [-0.39, 0.29) is 0 Å². The first-order chi connectivity index (χ1) is 6.22. The molecule has 13 heavy (non-hydrogen) atoms. The fourth-order valence-corrected chi connectivity index (χ4v) is 1.87. The monoisotopic (exact) mass is 216 g/mol. The van der Waals surface area contributed by atoms with Gasteiger partial charge in [0.2, 0.25) is 0 Å². The standard InChI is InChI=1S/C9H16N2S2/c1-7(12-3)4-10-5-9-6-13-8(2)11-9/h6-7,10H,4-5H2,1-3H3. The average molecular weight is 216 g/mol. The fourth-order valence-electron chi connectivity index (χ4n) is 0.976. The largest absolute Gasteiger partial charge is 0.310 e. The molecule has 0 radical (unpaired) electrons. The minimum atomic E-state index is 0.680. The fraction of sp³-hybridized carbons (Fsp3) is 0.667. The molecule has 1 atom stereocenters. The summed E-state index contributed by atoms with van der Waals surface area (Å²) in [5.41, 5.74) is 1.16. The molecule has 1 heterocycles. The lowest BCUT2D eigenvalue weighted by atomic mass is 10.4. The van der Waals surface area contributed by atoms with E-state index in [9.17, 15) is 0 Å². The van der Waals surface area contributed by atoms with Crippen molar-refractivity contribution in [2.45, 2.75) is 25.6 Å². The maximum Gasteiger partial charge on any atom is 0.0897 e. The van der Waals surface area contributed by atoms with Gasteiger partial charge in [0.25, 0.3) is 0 Å². The maximum atomic E-state index is 4.38. The SMILES string of the molecule is CSC(C)CNCc1csc(C)n1. The summed E-state index contributed by atoms with van der Waals surface area (Å²) in [5, 5.41) is 7.33. The summed E-state index contributed by atoms with van der Waals surface area (Å²) in [7, 11) is 0. The van der Waals surface area contributed by atoms with Crippen molar-refractivity contribution in [2.24, 2.45) is 0 Å². The Morgan fingerprint density at radius 3 is 3.00 bits per heavy atom. The van der Waals surface area contributed by atoms with Crippen molar-refractivity contribution in [3.8, 4) is 0 Å². The molecule has 0 spiro atoms. The van der Waals surface area contributed by atoms with Crippen LogP contribution in [-0.4, -0.2) is 23.0 Å². The maximum absolute atomic E-state index is 4.38. The number of aryl methyl sites for hydroxylation is 1. The van der Waals surface area contributed by atoms with Gasteiger partial charge in [-0.05, 0) is 13.2 Å². The Morgan fingerprint density at radius 1 is 1.69 bits per heavy atom. The van der Waals surface area contributed by atoms with E-state index < -0.39 is 0 Å². The van der Waals surface area contributed by atoms with Crippen LogP contribution in [0.4, 0.5) is 0 Å². The molecular weight excluding hydrogens is 200 g/mol. The molecule has 0 aliphatic heterocycles. The van der Waals surface area contributed by atoms with Crippen molar-refractivity contribution in [1.82, 2.24) is 10.3 Å². The van der Waals surface area contributed by atoms with Crippen molar-refractivity contribution in [1.29, 1.82) is 0 Å². The quantitative estimate of drug-likeness (QED) is 0.817. The van der Waals surface area contributed by atoms with Crippen molar-refractivity contribution >= 4 is 23.1 Å². The highest BCUT2D eigenvalue weighted by molar-refractivity contribution is 7.99. The summed E-state index contributed by atoms with van der Waals surface area (Å²) in [6.07, 6.45) is 2.14. The minimum Gasteiger partial charge on any atom is -0.310 e. The molecule has 4 heteroatoms. The molecule has 0 bridgehead atoms. The van der Waals surface area contributed by atoms with E-state index in [0.717, 1.165) is 23.8 Å². The Hall–Kier alpha value is -0.0600. The third-order valence-corrected chi connectivity index (χ3v) is 3.60. The van der Waals surface area contributed by atoms with Gasteiger partial charge in [0.15, 0.2) is 0 Å². The molecule has 0 aromatic carbocycles. The molecule has 1 aromatic heterocycles. The van der Waals surface area contributed by atoms with Gasteiger partial charge in [0.1, 0.15) is 0 Å². The molecule has 1 rings (SSSR count). The predicted molar refractivity (Wildman–Crippen MR) is 61.5 cm³/mol. The van der Waals surface area contributed by atoms with Gasteiger partial charge in [0.05, 0.1) is 10.7 Å². The second-order valence-corrected chi connectivity index (χ2v) is 5.37. The lowest BCUT2D eigenvalue weighted by Crippen LogP contribution is -2.22. The van der Waals surface area contributed by atoms with Crippen LogP contribution in [0.25, 0.3) is 0 Å². The van der Waals surface area contributed by atoms with Crippen LogP contribution in [0, 0.1) is 6.92 Å². The molecule has 0 amide bonds. The van der Waals surface area contributed by atoms with Gasteiger partial charge in [0, 0.05) is 23.7 Å². The Labute approximate surface area is 88.2 Å². The number of hydrogen-bond donors (Lipinski definition) is 1. The van der Waals surface area contributed by atoms with Gasteiger partial charge >= 0.3 is 0 Å². The first kappa shape index (κ1) is 11.0. The normalized spacial score (nSPS) is 13.2. The van der Waals surface area contributed by atoms with Crippen LogP contribution in [0.3, 0.4) is 0 Å². The van der Waals surface area contributed by atoms with Crippen molar-refractivity contribution in [2.75, 3.05) is 12.8 Å². The zero-order chi connectivity index (χ0) is 9.68. The van der Waals surface area contributed by atoms with Crippen LogP contribution >= 0.6 is 23.1 Å². The van der Waals surface area contributed by atoms with E-state index in [1.165, 1.54) is 0 Å². The molecular formula is C9H16N2S2. The van der Waals surface area contributed by atoms with Gasteiger partial charge in [-0.15, -0.1) is 11.3 Å². The van der Waals surface area contributed by atoms with Gasteiger partial charge in [-0.1, -0.05) is 6.92 Å². The van der Waals surface area contributed by atoms with E-state index in [1.807, 2.05) is 18.7 Å². The number of hydrogen-bond acceptors (Lipinski definition) is 4. The second-order valence-electron chi connectivity index (χ2n) is 3.04. The van der Waals surface area contributed by atoms with E-state index in [2.05, 4.69) is 28.9 Å². The number of thiazole rings is 1. The van der Waals surface area contributed by atoms with Crippen LogP contribution in [0.5, 0.6) is 0 Å². The van der Waals surface area contributed by atoms with E-state index in [1.54, 1.807) is 11.3 Å². The predicted octanol–water partition coefficient (Wildman–Crippen LogP) is 2.29. The van der Waals surface area contributed by atoms with E-state index in [0.29, 0.717) is 5.25 Å². The summed E-state index contributed by atoms with van der Waals surface area (Å²) in [6.45, 7) is 6.22. The first-order valence-electron chi connectivity index (χ1n) is 4.37. The lowest BCUT2D eigenvalue weighted by Gasteiger charge is -2.07. The summed E-state index contributed by atoms with van der Waals surface area (Å²) in [6, 6.07) is 0. The van der Waals surface area contributed by atoms with Gasteiger partial charge in [-0.2, -0.15) is 11.8 Å². The van der Waals surface area contributed by atoms with Gasteiger partial charge < -0.3 is 5.32 Å². The molecule has 1 aromatic rings. The summed E-state index contributed by atoms with van der Waals surface area (Å²) >= 11 is 3.60. The molecule has 0 fully saturated rings. The highest BCUT2D eigenvalue weighted by Gasteiger charge is 2.00. The smallest absolute Gasteiger partial charge is 0.0897 e. The van der Waals surface area contributed by atoms with E-state index in [4.69, 9.17) is 0 Å². The highest BCUT2D eigenvalue weighted by atomic mass is 32.2. The minimum absolute atomic E-state index is 0.680. The van der Waals surface area contributed by atoms with Crippen molar-refractivity contribution < 1.29 is 0 Å². The molecule has 1 unspecified atom stereocenters. The average Bonchev–Trinajstić information content (AvgIpc) is 2.51. The third-order valence-electron chi connectivity index (χ3n) is 1.81. The summed E-state index contributed by atoms with van der Waals surface area (Å²) in [5.74, 6) is 0. The van der Waals surface area contributed by atoms with E-state index >= 15 is 0 Å². The molecule has 0 aliphatic rings. The molecule has 0 aliphatic carbocycles. The molecule has 74 valence electrons. The molecule has 2 nitrogen and oxygen atoms in total. The number of thioether (sulfide) groups is 1. The van der Waals surface area contributed by atoms with Gasteiger partial charge in [-0.25, -0.2) is 4.98 Å². The number of aromatic nitrogens is 1. The zero-order valence-electron chi connectivity index (χ0n) is 8.33. The summed E-state index contributed by atoms with van der Waals surface area (Å²) in [4.78, 5) is 4.38. The Kier molecular flexibility index (Phi) is 4.77.